The highest BCUT2D eigenvalue weighted by Crippen LogP contribution is 2.17. The zero-order chi connectivity index (χ0) is 15.9. The third-order valence-corrected chi connectivity index (χ3v) is 4.07. The van der Waals surface area contributed by atoms with E-state index in [-0.39, 0.29) is 30.0 Å². The van der Waals surface area contributed by atoms with Gasteiger partial charge in [-0.15, -0.1) is 12.4 Å². The number of piperidine rings is 1. The number of halogens is 1. The molecule has 0 spiro atoms. The van der Waals surface area contributed by atoms with E-state index in [9.17, 15) is 9.59 Å². The molecule has 1 aliphatic heterocycles. The number of furan rings is 1. The number of carbonyl (C=O) groups excluding carboxylic acids is 2. The molecule has 1 fully saturated rings. The predicted molar refractivity (Wildman–Crippen MR) is 90.7 cm³/mol. The molecular formula is C16H26ClN3O3. The normalized spacial score (nSPS) is 16.5. The summed E-state index contributed by atoms with van der Waals surface area (Å²) in [5.74, 6) is 0.482. The Bertz CT molecular complexity index is 485. The van der Waals surface area contributed by atoms with Gasteiger partial charge in [0.05, 0.1) is 6.26 Å². The van der Waals surface area contributed by atoms with Crippen LogP contribution in [0.25, 0.3) is 0 Å². The van der Waals surface area contributed by atoms with Crippen molar-refractivity contribution in [2.45, 2.75) is 32.7 Å². The van der Waals surface area contributed by atoms with Crippen molar-refractivity contribution in [1.29, 1.82) is 0 Å². The molecule has 1 saturated heterocycles. The summed E-state index contributed by atoms with van der Waals surface area (Å²) < 4.78 is 5.03. The first-order valence-corrected chi connectivity index (χ1v) is 7.95. The van der Waals surface area contributed by atoms with Gasteiger partial charge in [0.1, 0.15) is 6.04 Å². The second-order valence-electron chi connectivity index (χ2n) is 5.75. The molecule has 130 valence electrons. The van der Waals surface area contributed by atoms with Crippen LogP contribution >= 0.6 is 12.4 Å². The minimum absolute atomic E-state index is 0. The van der Waals surface area contributed by atoms with Crippen molar-refractivity contribution in [2.24, 2.45) is 5.92 Å². The monoisotopic (exact) mass is 343 g/mol. The standard InChI is InChI=1S/C16H25N3O3.ClH/c1-3-17-11-13-6-8-19(9-7-13)16(21)12(2)18-15(20)14-5-4-10-22-14;/h4-5,10,12-13,17H,3,6-9,11H2,1-2H3,(H,18,20);1H. The van der Waals surface area contributed by atoms with Crippen LogP contribution < -0.4 is 10.6 Å². The highest BCUT2D eigenvalue weighted by atomic mass is 35.5. The fourth-order valence-corrected chi connectivity index (χ4v) is 2.72. The number of rotatable bonds is 6. The Morgan fingerprint density at radius 3 is 2.65 bits per heavy atom. The van der Waals surface area contributed by atoms with Crippen LogP contribution in [0.2, 0.25) is 0 Å². The SMILES string of the molecule is CCNCC1CCN(C(=O)C(C)NC(=O)c2ccco2)CC1.Cl. The van der Waals surface area contributed by atoms with Crippen LogP contribution in [-0.2, 0) is 4.79 Å². The van der Waals surface area contributed by atoms with Crippen molar-refractivity contribution in [2.75, 3.05) is 26.2 Å². The molecule has 2 amide bonds. The van der Waals surface area contributed by atoms with E-state index in [0.717, 1.165) is 39.0 Å². The number of nitrogens with zero attached hydrogens (tertiary/aromatic N) is 1. The predicted octanol–water partition coefficient (Wildman–Crippen LogP) is 1.67. The first-order valence-electron chi connectivity index (χ1n) is 7.95. The highest BCUT2D eigenvalue weighted by molar-refractivity contribution is 5.95. The maximum atomic E-state index is 12.4. The number of hydrogen-bond acceptors (Lipinski definition) is 4. The smallest absolute Gasteiger partial charge is 0.287 e. The summed E-state index contributed by atoms with van der Waals surface area (Å²) in [6.07, 6.45) is 3.46. The highest BCUT2D eigenvalue weighted by Gasteiger charge is 2.27. The lowest BCUT2D eigenvalue weighted by Crippen LogP contribution is -2.49. The summed E-state index contributed by atoms with van der Waals surface area (Å²) >= 11 is 0. The van der Waals surface area contributed by atoms with E-state index in [1.807, 2.05) is 4.90 Å². The van der Waals surface area contributed by atoms with Crippen LogP contribution in [0.15, 0.2) is 22.8 Å². The number of likely N-dealkylation sites (tertiary alicyclic amines) is 1. The minimum atomic E-state index is -0.539. The summed E-state index contributed by atoms with van der Waals surface area (Å²) in [7, 11) is 0. The molecule has 1 atom stereocenters. The Balaban J connectivity index is 0.00000264. The lowest BCUT2D eigenvalue weighted by atomic mass is 9.96. The van der Waals surface area contributed by atoms with Gasteiger partial charge in [-0.25, -0.2) is 0 Å². The third kappa shape index (κ3) is 5.55. The van der Waals surface area contributed by atoms with Crippen LogP contribution in [0.1, 0.15) is 37.2 Å². The maximum Gasteiger partial charge on any atom is 0.287 e. The molecule has 6 nitrogen and oxygen atoms in total. The molecule has 23 heavy (non-hydrogen) atoms. The van der Waals surface area contributed by atoms with Crippen molar-refractivity contribution in [3.8, 4) is 0 Å². The second-order valence-corrected chi connectivity index (χ2v) is 5.75. The topological polar surface area (TPSA) is 74.6 Å². The fourth-order valence-electron chi connectivity index (χ4n) is 2.72. The lowest BCUT2D eigenvalue weighted by molar-refractivity contribution is -0.134. The Labute approximate surface area is 143 Å². The van der Waals surface area contributed by atoms with E-state index in [1.165, 1.54) is 6.26 Å². The van der Waals surface area contributed by atoms with Gasteiger partial charge in [0.25, 0.3) is 5.91 Å². The Kier molecular flexibility index (Phi) is 8.12. The van der Waals surface area contributed by atoms with Crippen LogP contribution in [-0.4, -0.2) is 48.9 Å². The van der Waals surface area contributed by atoms with Gasteiger partial charge in [0.2, 0.25) is 5.91 Å². The van der Waals surface area contributed by atoms with E-state index in [0.29, 0.717) is 5.92 Å². The molecule has 0 aliphatic carbocycles. The number of nitrogens with one attached hydrogen (secondary N) is 2. The summed E-state index contributed by atoms with van der Waals surface area (Å²) in [4.78, 5) is 26.1. The zero-order valence-electron chi connectivity index (χ0n) is 13.7. The van der Waals surface area contributed by atoms with E-state index >= 15 is 0 Å². The molecular weight excluding hydrogens is 318 g/mol. The van der Waals surface area contributed by atoms with Gasteiger partial charge in [-0.1, -0.05) is 6.92 Å². The summed E-state index contributed by atoms with van der Waals surface area (Å²) in [6.45, 7) is 7.33. The summed E-state index contributed by atoms with van der Waals surface area (Å²) in [5, 5.41) is 6.04. The van der Waals surface area contributed by atoms with Crippen LogP contribution in [0, 0.1) is 5.92 Å². The quantitative estimate of drug-likeness (QED) is 0.824. The van der Waals surface area contributed by atoms with E-state index < -0.39 is 6.04 Å². The third-order valence-electron chi connectivity index (χ3n) is 4.07. The van der Waals surface area contributed by atoms with E-state index in [1.54, 1.807) is 19.1 Å². The number of hydrogen-bond donors (Lipinski definition) is 2. The minimum Gasteiger partial charge on any atom is -0.459 e. The van der Waals surface area contributed by atoms with Crippen molar-refractivity contribution in [3.05, 3.63) is 24.2 Å². The number of amides is 2. The van der Waals surface area contributed by atoms with Gasteiger partial charge in [-0.3, -0.25) is 9.59 Å². The molecule has 2 heterocycles. The van der Waals surface area contributed by atoms with Gasteiger partial charge in [0.15, 0.2) is 5.76 Å². The average molecular weight is 344 g/mol. The van der Waals surface area contributed by atoms with Crippen molar-refractivity contribution >= 4 is 24.2 Å². The van der Waals surface area contributed by atoms with Gasteiger partial charge < -0.3 is 20.0 Å². The molecule has 1 aromatic heterocycles. The molecule has 2 N–H and O–H groups in total. The van der Waals surface area contributed by atoms with Crippen molar-refractivity contribution < 1.29 is 14.0 Å². The van der Waals surface area contributed by atoms with Crippen LogP contribution in [0.4, 0.5) is 0 Å². The molecule has 0 saturated carbocycles. The lowest BCUT2D eigenvalue weighted by Gasteiger charge is -2.33. The largest absolute Gasteiger partial charge is 0.459 e. The Morgan fingerprint density at radius 1 is 1.39 bits per heavy atom. The van der Waals surface area contributed by atoms with Gasteiger partial charge in [-0.05, 0) is 50.9 Å². The van der Waals surface area contributed by atoms with Crippen molar-refractivity contribution in [3.63, 3.8) is 0 Å². The van der Waals surface area contributed by atoms with E-state index in [2.05, 4.69) is 17.6 Å². The Hall–Kier alpha value is -1.53. The fraction of sp³-hybridized carbons (Fsp3) is 0.625. The molecule has 7 heteroatoms. The first kappa shape index (κ1) is 19.5. The van der Waals surface area contributed by atoms with Gasteiger partial charge in [0, 0.05) is 13.1 Å². The maximum absolute atomic E-state index is 12.4. The van der Waals surface area contributed by atoms with Crippen LogP contribution in [0.5, 0.6) is 0 Å². The van der Waals surface area contributed by atoms with Crippen LogP contribution in [0.3, 0.4) is 0 Å². The summed E-state index contributed by atoms with van der Waals surface area (Å²) in [5.41, 5.74) is 0. The van der Waals surface area contributed by atoms with E-state index in [4.69, 9.17) is 4.42 Å². The number of carbonyl (C=O) groups is 2. The molecule has 0 radical (unpaired) electrons. The molecule has 0 aromatic carbocycles. The molecule has 1 unspecified atom stereocenters. The second kappa shape index (κ2) is 9.57. The zero-order valence-corrected chi connectivity index (χ0v) is 14.5. The summed E-state index contributed by atoms with van der Waals surface area (Å²) in [6, 6.07) is 2.69. The molecule has 1 aliphatic rings. The first-order chi connectivity index (χ1) is 10.6. The molecule has 2 rings (SSSR count). The average Bonchev–Trinajstić information content (AvgIpc) is 3.07. The van der Waals surface area contributed by atoms with Gasteiger partial charge in [-0.2, -0.15) is 0 Å². The van der Waals surface area contributed by atoms with Crippen molar-refractivity contribution in [1.82, 2.24) is 15.5 Å². The van der Waals surface area contributed by atoms with Gasteiger partial charge >= 0.3 is 0 Å². The molecule has 1 aromatic rings. The molecule has 0 bridgehead atoms. The Morgan fingerprint density at radius 2 is 2.09 bits per heavy atom.